The van der Waals surface area contributed by atoms with Gasteiger partial charge in [-0.2, -0.15) is 0 Å². The Hall–Kier alpha value is -1.14. The monoisotopic (exact) mass is 450 g/mol. The molecule has 0 saturated heterocycles. The molecule has 4 nitrogen and oxygen atoms in total. The molecule has 0 aliphatic rings. The predicted molar refractivity (Wildman–Crippen MR) is 102 cm³/mol. The molecular weight excluding hydrogens is 438 g/mol. The number of carbonyl (C=O) groups excluding carboxylic acids is 1. The number of rotatable bonds is 5. The molecular formula is C16H14BrCl3N2O2. The van der Waals surface area contributed by atoms with E-state index in [1.54, 1.807) is 36.4 Å². The van der Waals surface area contributed by atoms with Gasteiger partial charge in [0.25, 0.3) is 5.91 Å². The van der Waals surface area contributed by atoms with Crippen molar-refractivity contribution in [3.63, 3.8) is 0 Å². The van der Waals surface area contributed by atoms with Crippen molar-refractivity contribution in [1.29, 1.82) is 0 Å². The van der Waals surface area contributed by atoms with Gasteiger partial charge >= 0.3 is 0 Å². The number of amides is 1. The summed E-state index contributed by atoms with van der Waals surface area (Å²) >= 11 is 21.3. The molecule has 8 heteroatoms. The second kappa shape index (κ2) is 8.30. The highest BCUT2D eigenvalue weighted by atomic mass is 79.9. The molecule has 128 valence electrons. The molecule has 1 atom stereocenters. The fraction of sp³-hybridized carbons (Fsp3) is 0.188. The van der Waals surface area contributed by atoms with Gasteiger partial charge in [0.05, 0.1) is 12.7 Å². The largest absolute Gasteiger partial charge is 0.496 e. The normalized spacial score (nSPS) is 12.4. The molecule has 2 aromatic carbocycles. The van der Waals surface area contributed by atoms with Crippen LogP contribution in [-0.4, -0.2) is 23.0 Å². The second-order valence-corrected chi connectivity index (χ2v) is 8.08. The molecule has 24 heavy (non-hydrogen) atoms. The second-order valence-electron chi connectivity index (χ2n) is 4.80. The maximum atomic E-state index is 12.5. The van der Waals surface area contributed by atoms with Crippen LogP contribution in [-0.2, 0) is 0 Å². The maximum Gasteiger partial charge on any atom is 0.256 e. The average Bonchev–Trinajstić information content (AvgIpc) is 2.55. The van der Waals surface area contributed by atoms with Crippen molar-refractivity contribution in [2.75, 3.05) is 12.4 Å². The number of nitrogens with one attached hydrogen (secondary N) is 2. The SMILES string of the molecule is COc1ccccc1C(=O)N[C@H](Nc1ccc(Br)cc1)C(Cl)(Cl)Cl. The van der Waals surface area contributed by atoms with Crippen LogP contribution in [0.5, 0.6) is 5.75 Å². The first-order chi connectivity index (χ1) is 11.3. The van der Waals surface area contributed by atoms with Crippen LogP contribution in [0.1, 0.15) is 10.4 Å². The van der Waals surface area contributed by atoms with Gasteiger partial charge in [-0.15, -0.1) is 0 Å². The van der Waals surface area contributed by atoms with E-state index in [1.807, 2.05) is 12.1 Å². The van der Waals surface area contributed by atoms with Gasteiger partial charge in [0.1, 0.15) is 11.9 Å². The Morgan fingerprint density at radius 1 is 1.12 bits per heavy atom. The van der Waals surface area contributed by atoms with Crippen LogP contribution in [0.4, 0.5) is 5.69 Å². The number of hydrogen-bond donors (Lipinski definition) is 2. The van der Waals surface area contributed by atoms with E-state index in [-0.39, 0.29) is 0 Å². The summed E-state index contributed by atoms with van der Waals surface area (Å²) in [6, 6.07) is 14.1. The molecule has 2 rings (SSSR count). The van der Waals surface area contributed by atoms with Crippen LogP contribution >= 0.6 is 50.7 Å². The molecule has 0 aliphatic heterocycles. The molecule has 2 aromatic rings. The van der Waals surface area contributed by atoms with E-state index in [0.717, 1.165) is 4.47 Å². The lowest BCUT2D eigenvalue weighted by Gasteiger charge is -2.27. The molecule has 0 radical (unpaired) electrons. The first-order valence-corrected chi connectivity index (χ1v) is 8.76. The Labute approximate surface area is 163 Å². The summed E-state index contributed by atoms with van der Waals surface area (Å²) in [6.07, 6.45) is -0.943. The predicted octanol–water partition coefficient (Wildman–Crippen LogP) is 5.00. The first kappa shape index (κ1) is 19.2. The van der Waals surface area contributed by atoms with Gasteiger partial charge < -0.3 is 15.4 Å². The number of halogens is 4. The van der Waals surface area contributed by atoms with E-state index >= 15 is 0 Å². The first-order valence-electron chi connectivity index (χ1n) is 6.84. The topological polar surface area (TPSA) is 50.4 Å². The molecule has 0 spiro atoms. The number of methoxy groups -OCH3 is 1. The zero-order chi connectivity index (χ0) is 17.7. The zero-order valence-corrected chi connectivity index (χ0v) is 16.4. The van der Waals surface area contributed by atoms with Crippen molar-refractivity contribution in [3.05, 3.63) is 58.6 Å². The Bertz CT molecular complexity index is 705. The molecule has 0 saturated carbocycles. The number of para-hydroxylation sites is 1. The number of alkyl halides is 3. The molecule has 0 bridgehead atoms. The Morgan fingerprint density at radius 3 is 2.33 bits per heavy atom. The Kier molecular flexibility index (Phi) is 6.63. The number of ether oxygens (including phenoxy) is 1. The van der Waals surface area contributed by atoms with Gasteiger partial charge in [0, 0.05) is 10.2 Å². The third kappa shape index (κ3) is 5.18. The van der Waals surface area contributed by atoms with E-state index in [9.17, 15) is 4.79 Å². The van der Waals surface area contributed by atoms with Crippen molar-refractivity contribution in [1.82, 2.24) is 5.32 Å². The van der Waals surface area contributed by atoms with Crippen LogP contribution in [0, 0.1) is 0 Å². The lowest BCUT2D eigenvalue weighted by Crippen LogP contribution is -2.49. The fourth-order valence-corrected chi connectivity index (χ4v) is 2.55. The Balaban J connectivity index is 2.20. The number of benzene rings is 2. The maximum absolute atomic E-state index is 12.5. The van der Waals surface area contributed by atoms with Gasteiger partial charge in [0.15, 0.2) is 0 Å². The summed E-state index contributed by atoms with van der Waals surface area (Å²) in [5.74, 6) is 0.00935. The molecule has 0 heterocycles. The summed E-state index contributed by atoms with van der Waals surface area (Å²) in [5, 5.41) is 5.67. The van der Waals surface area contributed by atoms with Gasteiger partial charge in [0.2, 0.25) is 3.79 Å². The minimum absolute atomic E-state index is 0.344. The summed E-state index contributed by atoms with van der Waals surface area (Å²) in [5.41, 5.74) is 1.03. The van der Waals surface area contributed by atoms with E-state index < -0.39 is 15.9 Å². The van der Waals surface area contributed by atoms with Crippen LogP contribution in [0.3, 0.4) is 0 Å². The molecule has 2 N–H and O–H groups in total. The number of carbonyl (C=O) groups is 1. The summed E-state index contributed by atoms with van der Waals surface area (Å²) in [4.78, 5) is 12.5. The van der Waals surface area contributed by atoms with Crippen LogP contribution < -0.4 is 15.4 Å². The van der Waals surface area contributed by atoms with Gasteiger partial charge in [-0.1, -0.05) is 62.9 Å². The molecule has 0 aromatic heterocycles. The van der Waals surface area contributed by atoms with Crippen LogP contribution in [0.2, 0.25) is 0 Å². The van der Waals surface area contributed by atoms with E-state index in [2.05, 4.69) is 26.6 Å². The minimum Gasteiger partial charge on any atom is -0.496 e. The minimum atomic E-state index is -1.76. The average molecular weight is 453 g/mol. The summed E-state index contributed by atoms with van der Waals surface area (Å²) < 4.78 is 4.33. The van der Waals surface area contributed by atoms with E-state index in [1.165, 1.54) is 7.11 Å². The molecule has 0 unspecified atom stereocenters. The van der Waals surface area contributed by atoms with E-state index in [4.69, 9.17) is 39.5 Å². The van der Waals surface area contributed by atoms with Crippen LogP contribution in [0.25, 0.3) is 0 Å². The number of hydrogen-bond acceptors (Lipinski definition) is 3. The van der Waals surface area contributed by atoms with Crippen molar-refractivity contribution in [2.24, 2.45) is 0 Å². The highest BCUT2D eigenvalue weighted by Crippen LogP contribution is 2.32. The van der Waals surface area contributed by atoms with E-state index in [0.29, 0.717) is 17.0 Å². The molecule has 0 fully saturated rings. The standard InChI is InChI=1S/C16H14BrCl3N2O2/c1-24-13-5-3-2-4-12(13)14(23)22-15(16(18,19)20)21-11-8-6-10(17)7-9-11/h2-9,15,21H,1H3,(H,22,23)/t15-/m0/s1. The van der Waals surface area contributed by atoms with Crippen molar-refractivity contribution >= 4 is 62.3 Å². The summed E-state index contributed by atoms with van der Waals surface area (Å²) in [6.45, 7) is 0. The highest BCUT2D eigenvalue weighted by Gasteiger charge is 2.34. The lowest BCUT2D eigenvalue weighted by molar-refractivity contribution is 0.0939. The highest BCUT2D eigenvalue weighted by molar-refractivity contribution is 9.10. The summed E-state index contributed by atoms with van der Waals surface area (Å²) in [7, 11) is 1.48. The quantitative estimate of drug-likeness (QED) is 0.496. The number of anilines is 1. The van der Waals surface area contributed by atoms with Crippen molar-refractivity contribution in [3.8, 4) is 5.75 Å². The van der Waals surface area contributed by atoms with Crippen LogP contribution in [0.15, 0.2) is 53.0 Å². The Morgan fingerprint density at radius 2 is 1.75 bits per heavy atom. The zero-order valence-electron chi connectivity index (χ0n) is 12.5. The van der Waals surface area contributed by atoms with Crippen molar-refractivity contribution in [2.45, 2.75) is 9.96 Å². The van der Waals surface area contributed by atoms with Crippen molar-refractivity contribution < 1.29 is 9.53 Å². The lowest BCUT2D eigenvalue weighted by atomic mass is 10.2. The third-order valence-electron chi connectivity index (χ3n) is 3.11. The van der Waals surface area contributed by atoms with Gasteiger partial charge in [-0.25, -0.2) is 0 Å². The van der Waals surface area contributed by atoms with Gasteiger partial charge in [-0.05, 0) is 36.4 Å². The smallest absolute Gasteiger partial charge is 0.256 e. The fourth-order valence-electron chi connectivity index (χ4n) is 1.95. The van der Waals surface area contributed by atoms with Gasteiger partial charge in [-0.3, -0.25) is 4.79 Å². The molecule has 0 aliphatic carbocycles. The third-order valence-corrected chi connectivity index (χ3v) is 4.29. The molecule has 1 amide bonds.